The molecule has 7 nitrogen and oxygen atoms in total. The second-order valence-corrected chi connectivity index (χ2v) is 4.26. The summed E-state index contributed by atoms with van der Waals surface area (Å²) < 4.78 is 21.1. The van der Waals surface area contributed by atoms with Crippen LogP contribution < -0.4 is 0 Å². The highest BCUT2D eigenvalue weighted by molar-refractivity contribution is 8.13. The Morgan fingerprint density at radius 1 is 1.67 bits per heavy atom. The molecule has 1 aromatic rings. The van der Waals surface area contributed by atoms with Crippen molar-refractivity contribution in [2.75, 3.05) is 0 Å². The van der Waals surface area contributed by atoms with E-state index in [2.05, 4.69) is 5.10 Å². The molecule has 0 fully saturated rings. The molecule has 1 heterocycles. The fraction of sp³-hybridized carbons (Fsp3) is 0. The average molecular weight is 212 g/mol. The monoisotopic (exact) mass is 211 g/mol. The quantitative estimate of drug-likeness (QED) is 0.385. The highest BCUT2D eigenvalue weighted by atomic mass is 35.7. The molecule has 0 saturated heterocycles. The number of nitrogens with zero attached hydrogens (tertiary/aromatic N) is 3. The Kier molecular flexibility index (Phi) is 2.02. The molecule has 0 atom stereocenters. The maximum absolute atomic E-state index is 10.5. The molecule has 0 N–H and O–H groups in total. The maximum atomic E-state index is 10.5. The van der Waals surface area contributed by atoms with Crippen LogP contribution in [0.4, 0.5) is 0 Å². The van der Waals surface area contributed by atoms with Crippen LogP contribution in [0, 0.1) is 10.1 Å². The minimum Gasteiger partial charge on any atom is -0.339 e. The summed E-state index contributed by atoms with van der Waals surface area (Å²) in [5, 5.41) is 11.7. The number of hydrogen-bond acceptors (Lipinski definition) is 5. The van der Waals surface area contributed by atoms with Gasteiger partial charge in [0.2, 0.25) is 0 Å². The summed E-state index contributed by atoms with van der Waals surface area (Å²) >= 11 is 0. The lowest BCUT2D eigenvalue weighted by molar-refractivity contribution is -0.553. The van der Waals surface area contributed by atoms with Crippen molar-refractivity contribution in [3.05, 3.63) is 22.4 Å². The zero-order valence-electron chi connectivity index (χ0n) is 5.42. The van der Waals surface area contributed by atoms with Gasteiger partial charge in [0.15, 0.2) is 0 Å². The van der Waals surface area contributed by atoms with E-state index in [1.165, 1.54) is 0 Å². The van der Waals surface area contributed by atoms with Gasteiger partial charge in [0.1, 0.15) is 6.20 Å². The van der Waals surface area contributed by atoms with E-state index in [1.807, 2.05) is 0 Å². The second kappa shape index (κ2) is 2.72. The van der Waals surface area contributed by atoms with Crippen LogP contribution in [0.5, 0.6) is 0 Å². The summed E-state index contributed by atoms with van der Waals surface area (Å²) in [6.45, 7) is 0. The molecule has 0 aliphatic heterocycles. The van der Waals surface area contributed by atoms with Gasteiger partial charge in [-0.25, -0.2) is 8.42 Å². The van der Waals surface area contributed by atoms with Crippen LogP contribution in [0.2, 0.25) is 0 Å². The smallest absolute Gasteiger partial charge is 0.308 e. The number of rotatable bonds is 2. The predicted octanol–water partition coefficient (Wildman–Crippen LogP) is -0.150. The summed E-state index contributed by atoms with van der Waals surface area (Å²) in [7, 11) is 0.871. The number of halogens is 1. The fourth-order valence-electron chi connectivity index (χ4n) is 0.519. The highest BCUT2D eigenvalue weighted by Crippen LogP contribution is 2.10. The van der Waals surface area contributed by atoms with Gasteiger partial charge >= 0.3 is 14.1 Å². The van der Waals surface area contributed by atoms with E-state index < -0.39 is 19.1 Å². The van der Waals surface area contributed by atoms with Gasteiger partial charge in [-0.3, -0.25) is 0 Å². The number of aromatic nitrogens is 2. The van der Waals surface area contributed by atoms with Gasteiger partial charge in [0.05, 0.1) is 10.1 Å². The van der Waals surface area contributed by atoms with E-state index >= 15 is 0 Å². The van der Waals surface area contributed by atoms with Crippen LogP contribution in [0.1, 0.15) is 0 Å². The van der Waals surface area contributed by atoms with Crippen LogP contribution >= 0.6 is 10.7 Å². The molecule has 0 radical (unpaired) electrons. The standard InChI is InChI=1S/C3H2ClN3O4S/c4-12(10,11)3-1-2-6(5-3)7(8)9/h1-2H. The molecule has 0 aromatic carbocycles. The van der Waals surface area contributed by atoms with Crippen molar-refractivity contribution in [2.24, 2.45) is 0 Å². The largest absolute Gasteiger partial charge is 0.339 e. The van der Waals surface area contributed by atoms with Gasteiger partial charge in [0.25, 0.3) is 0 Å². The third-order valence-electron chi connectivity index (χ3n) is 0.969. The molecule has 0 amide bonds. The summed E-state index contributed by atoms with van der Waals surface area (Å²) in [6, 6.07) is 0.936. The Labute approximate surface area is 71.1 Å². The third-order valence-corrected chi connectivity index (χ3v) is 2.16. The predicted molar refractivity (Wildman–Crippen MR) is 37.7 cm³/mol. The van der Waals surface area contributed by atoms with Gasteiger partial charge in [-0.05, 0) is 0 Å². The zero-order valence-corrected chi connectivity index (χ0v) is 6.99. The maximum Gasteiger partial charge on any atom is 0.308 e. The molecule has 0 aliphatic carbocycles. The van der Waals surface area contributed by atoms with E-state index in [0.717, 1.165) is 12.3 Å². The molecule has 1 aromatic heterocycles. The molecule has 0 aliphatic rings. The van der Waals surface area contributed by atoms with Gasteiger partial charge < -0.3 is 10.1 Å². The van der Waals surface area contributed by atoms with Crippen LogP contribution in [0.15, 0.2) is 17.3 Å². The Morgan fingerprint density at radius 3 is 2.50 bits per heavy atom. The molecule has 9 heteroatoms. The first-order valence-corrected chi connectivity index (χ1v) is 4.87. The van der Waals surface area contributed by atoms with E-state index in [1.54, 1.807) is 0 Å². The lowest BCUT2D eigenvalue weighted by Gasteiger charge is -1.86. The van der Waals surface area contributed by atoms with Crippen LogP contribution in [0.25, 0.3) is 0 Å². The average Bonchev–Trinajstić information content (AvgIpc) is 2.30. The molecule has 1 rings (SSSR count). The minimum absolute atomic E-state index is 0.259. The van der Waals surface area contributed by atoms with Gasteiger partial charge in [-0.2, -0.15) is 0 Å². The molecule has 0 saturated carbocycles. The SMILES string of the molecule is O=[N+]([O-])n1ccc(S(=O)(=O)Cl)n1. The summed E-state index contributed by atoms with van der Waals surface area (Å²) in [5.41, 5.74) is 0. The first-order chi connectivity index (χ1) is 5.41. The molecule has 0 bridgehead atoms. The van der Waals surface area contributed by atoms with Crippen molar-refractivity contribution in [1.29, 1.82) is 0 Å². The van der Waals surface area contributed by atoms with E-state index in [0.29, 0.717) is 0 Å². The van der Waals surface area contributed by atoms with Crippen molar-refractivity contribution in [3.8, 4) is 0 Å². The molecule has 66 valence electrons. The highest BCUT2D eigenvalue weighted by Gasteiger charge is 2.21. The zero-order chi connectivity index (χ0) is 9.35. The molecule has 0 unspecified atom stereocenters. The lowest BCUT2D eigenvalue weighted by atomic mass is 10.8. The Balaban J connectivity index is 3.17. The first-order valence-electron chi connectivity index (χ1n) is 2.56. The van der Waals surface area contributed by atoms with E-state index in [-0.39, 0.29) is 4.79 Å². The van der Waals surface area contributed by atoms with Crippen LogP contribution in [-0.2, 0) is 9.05 Å². The second-order valence-electron chi connectivity index (χ2n) is 1.75. The van der Waals surface area contributed by atoms with Crippen molar-refractivity contribution in [3.63, 3.8) is 0 Å². The van der Waals surface area contributed by atoms with Crippen LogP contribution in [-0.4, -0.2) is 23.3 Å². The summed E-state index contributed by atoms with van der Waals surface area (Å²) in [5.74, 6) is 0. The van der Waals surface area contributed by atoms with Crippen molar-refractivity contribution in [1.82, 2.24) is 9.89 Å². The number of hydrogen-bond donors (Lipinski definition) is 0. The van der Waals surface area contributed by atoms with Crippen molar-refractivity contribution in [2.45, 2.75) is 5.03 Å². The van der Waals surface area contributed by atoms with Gasteiger partial charge in [-0.15, -0.1) is 0 Å². The third kappa shape index (κ3) is 1.71. The minimum atomic E-state index is -3.98. The topological polar surface area (TPSA) is 95.1 Å². The summed E-state index contributed by atoms with van der Waals surface area (Å²) in [6.07, 6.45) is 0.884. The normalized spacial score (nSPS) is 11.4. The van der Waals surface area contributed by atoms with Crippen LogP contribution in [0.3, 0.4) is 0 Å². The summed E-state index contributed by atoms with van der Waals surface area (Å²) in [4.78, 5) is 10.3. The Morgan fingerprint density at radius 2 is 2.25 bits per heavy atom. The number of nitro groups is 1. The molecule has 12 heavy (non-hydrogen) atoms. The lowest BCUT2D eigenvalue weighted by Crippen LogP contribution is -2.09. The fourth-order valence-corrected chi connectivity index (χ4v) is 1.17. The molecule has 0 spiro atoms. The molecular weight excluding hydrogens is 210 g/mol. The first kappa shape index (κ1) is 8.94. The Hall–Kier alpha value is -1.15. The van der Waals surface area contributed by atoms with Gasteiger partial charge in [-0.1, -0.05) is 0 Å². The van der Waals surface area contributed by atoms with E-state index in [4.69, 9.17) is 10.7 Å². The van der Waals surface area contributed by atoms with E-state index in [9.17, 15) is 18.5 Å². The van der Waals surface area contributed by atoms with Crippen molar-refractivity contribution >= 4 is 19.7 Å². The molecular formula is C3H2ClN3O4S. The van der Waals surface area contributed by atoms with Crippen molar-refractivity contribution < 1.29 is 13.5 Å². The Bertz CT molecular complexity index is 409. The van der Waals surface area contributed by atoms with Gasteiger partial charge in [0, 0.05) is 21.5 Å².